The Labute approximate surface area is 216 Å². The zero-order valence-electron chi connectivity index (χ0n) is 20.3. The van der Waals surface area contributed by atoms with Crippen LogP contribution in [0.15, 0.2) is 76.6 Å². The number of hydrogen-bond acceptors (Lipinski definition) is 6. The van der Waals surface area contributed by atoms with Gasteiger partial charge in [-0.1, -0.05) is 24.3 Å². The van der Waals surface area contributed by atoms with Crippen molar-refractivity contribution >= 4 is 33.5 Å². The van der Waals surface area contributed by atoms with Gasteiger partial charge in [0.05, 0.1) is 17.3 Å². The minimum Gasteiger partial charge on any atom is -0.336 e. The van der Waals surface area contributed by atoms with Crippen LogP contribution in [0, 0.1) is 11.3 Å². The Morgan fingerprint density at radius 1 is 0.973 bits per heavy atom. The van der Waals surface area contributed by atoms with Crippen LogP contribution in [0.3, 0.4) is 0 Å². The lowest BCUT2D eigenvalue weighted by Crippen LogP contribution is -2.48. The van der Waals surface area contributed by atoms with Crippen LogP contribution < -0.4 is 4.72 Å². The van der Waals surface area contributed by atoms with E-state index in [1.165, 1.54) is 0 Å². The molecule has 3 aromatic rings. The molecule has 2 heterocycles. The largest absolute Gasteiger partial charge is 0.336 e. The maximum absolute atomic E-state index is 13.1. The molecule has 2 aliphatic rings. The second-order valence-electron chi connectivity index (χ2n) is 9.17. The van der Waals surface area contributed by atoms with Crippen LogP contribution >= 0.6 is 0 Å². The normalized spacial score (nSPS) is 15.6. The highest BCUT2D eigenvalue weighted by Crippen LogP contribution is 2.32. The average Bonchev–Trinajstić information content (AvgIpc) is 2.93. The van der Waals surface area contributed by atoms with E-state index >= 15 is 0 Å². The van der Waals surface area contributed by atoms with Crippen molar-refractivity contribution in [3.8, 4) is 6.07 Å². The molecule has 0 unspecified atom stereocenters. The van der Waals surface area contributed by atoms with Crippen LogP contribution in [0.1, 0.15) is 33.5 Å². The summed E-state index contributed by atoms with van der Waals surface area (Å²) < 4.78 is 28.7. The molecule has 0 saturated carbocycles. The monoisotopic (exact) mass is 513 g/mol. The number of nitrogens with zero attached hydrogens (tertiary/aromatic N) is 4. The van der Waals surface area contributed by atoms with Crippen LogP contribution in [-0.4, -0.2) is 56.5 Å². The van der Waals surface area contributed by atoms with Gasteiger partial charge in [0.15, 0.2) is 0 Å². The minimum atomic E-state index is -3.82. The average molecular weight is 514 g/mol. The summed E-state index contributed by atoms with van der Waals surface area (Å²) >= 11 is 0. The first-order valence-electron chi connectivity index (χ1n) is 12.2. The molecule has 2 aliphatic heterocycles. The molecule has 3 aromatic carbocycles. The number of rotatable bonds is 6. The zero-order valence-corrected chi connectivity index (χ0v) is 21.1. The SMILES string of the molecule is N#Cc1ccc(CN2CCN(C(=O)c3ccc(NS(=O)(=O)c4cccc5c4N=CCC5)cc3)CC2)cc1. The van der Waals surface area contributed by atoms with Gasteiger partial charge in [0.1, 0.15) is 4.90 Å². The fourth-order valence-corrected chi connectivity index (χ4v) is 5.89. The standard InChI is InChI=1S/C28H27N5O3S/c29-19-21-6-8-22(9-7-21)20-32-15-17-33(18-16-32)28(34)24-10-12-25(13-11-24)31-37(35,36)26-5-1-3-23-4-2-14-30-27(23)26/h1,3,5-14,31H,2,4,15-18,20H2. The summed E-state index contributed by atoms with van der Waals surface area (Å²) in [6, 6.07) is 21.4. The number of piperazine rings is 1. The predicted molar refractivity (Wildman–Crippen MR) is 143 cm³/mol. The third-order valence-electron chi connectivity index (χ3n) is 6.67. The second kappa shape index (κ2) is 10.5. The van der Waals surface area contributed by atoms with E-state index in [2.05, 4.69) is 20.7 Å². The highest BCUT2D eigenvalue weighted by molar-refractivity contribution is 7.92. The van der Waals surface area contributed by atoms with Crippen LogP contribution in [-0.2, 0) is 23.0 Å². The van der Waals surface area contributed by atoms with Crippen LogP contribution in [0.5, 0.6) is 0 Å². The summed E-state index contributed by atoms with van der Waals surface area (Å²) in [4.78, 5) is 21.6. The Bertz CT molecular complexity index is 1470. The molecule has 0 atom stereocenters. The van der Waals surface area contributed by atoms with Gasteiger partial charge in [-0.3, -0.25) is 19.4 Å². The molecular weight excluding hydrogens is 486 g/mol. The van der Waals surface area contributed by atoms with Gasteiger partial charge in [0.2, 0.25) is 0 Å². The Kier molecular flexibility index (Phi) is 7.04. The molecule has 1 amide bonds. The number of benzene rings is 3. The summed E-state index contributed by atoms with van der Waals surface area (Å²) in [6.07, 6.45) is 3.31. The van der Waals surface area contributed by atoms with Crippen molar-refractivity contribution in [2.45, 2.75) is 24.3 Å². The number of nitriles is 1. The van der Waals surface area contributed by atoms with Crippen molar-refractivity contribution < 1.29 is 13.2 Å². The van der Waals surface area contributed by atoms with Crippen molar-refractivity contribution in [2.75, 3.05) is 30.9 Å². The van der Waals surface area contributed by atoms with E-state index in [-0.39, 0.29) is 10.8 Å². The molecule has 9 heteroatoms. The molecule has 8 nitrogen and oxygen atoms in total. The minimum absolute atomic E-state index is 0.0705. The lowest BCUT2D eigenvalue weighted by molar-refractivity contribution is 0.0628. The van der Waals surface area contributed by atoms with Gasteiger partial charge in [0, 0.05) is 50.2 Å². The molecule has 0 radical (unpaired) electrons. The summed E-state index contributed by atoms with van der Waals surface area (Å²) in [7, 11) is -3.82. The van der Waals surface area contributed by atoms with Crippen molar-refractivity contribution in [1.29, 1.82) is 5.26 Å². The van der Waals surface area contributed by atoms with Crippen molar-refractivity contribution in [1.82, 2.24) is 9.80 Å². The van der Waals surface area contributed by atoms with Crippen molar-refractivity contribution in [3.63, 3.8) is 0 Å². The Balaban J connectivity index is 1.19. The Morgan fingerprint density at radius 3 is 2.41 bits per heavy atom. The van der Waals surface area contributed by atoms with Crippen LogP contribution in [0.2, 0.25) is 0 Å². The maximum atomic E-state index is 13.1. The second-order valence-corrected chi connectivity index (χ2v) is 10.8. The molecule has 0 bridgehead atoms. The smallest absolute Gasteiger partial charge is 0.264 e. The van der Waals surface area contributed by atoms with Gasteiger partial charge in [0.25, 0.3) is 15.9 Å². The third kappa shape index (κ3) is 5.56. The molecule has 0 aliphatic carbocycles. The third-order valence-corrected chi connectivity index (χ3v) is 8.08. The number of para-hydroxylation sites is 1. The predicted octanol–water partition coefficient (Wildman–Crippen LogP) is 3.97. The highest BCUT2D eigenvalue weighted by atomic mass is 32.2. The number of carbonyl (C=O) groups excluding carboxylic acids is 1. The number of aryl methyl sites for hydroxylation is 1. The number of sulfonamides is 1. The number of aliphatic imine (C=N–C) groups is 1. The summed E-state index contributed by atoms with van der Waals surface area (Å²) in [5.41, 5.74) is 4.10. The summed E-state index contributed by atoms with van der Waals surface area (Å²) in [6.45, 7) is 3.52. The van der Waals surface area contributed by atoms with E-state index < -0.39 is 10.0 Å². The number of carbonyl (C=O) groups is 1. The molecule has 1 fully saturated rings. The van der Waals surface area contributed by atoms with Gasteiger partial charge in [-0.2, -0.15) is 5.26 Å². The molecular formula is C28H27N5O3S. The van der Waals surface area contributed by atoms with Crippen molar-refractivity contribution in [2.24, 2.45) is 4.99 Å². The quantitative estimate of drug-likeness (QED) is 0.537. The summed E-state index contributed by atoms with van der Waals surface area (Å²) in [5, 5.41) is 8.94. The fraction of sp³-hybridized carbons (Fsp3) is 0.250. The van der Waals surface area contributed by atoms with E-state index in [9.17, 15) is 13.2 Å². The Morgan fingerprint density at radius 2 is 1.70 bits per heavy atom. The number of hydrogen-bond donors (Lipinski definition) is 1. The van der Waals surface area contributed by atoms with E-state index in [1.807, 2.05) is 35.2 Å². The Hall–Kier alpha value is -4.00. The fourth-order valence-electron chi connectivity index (χ4n) is 4.63. The van der Waals surface area contributed by atoms with E-state index in [0.29, 0.717) is 35.6 Å². The first-order chi connectivity index (χ1) is 17.9. The topological polar surface area (TPSA) is 106 Å². The molecule has 37 heavy (non-hydrogen) atoms. The number of nitrogens with one attached hydrogen (secondary N) is 1. The molecule has 5 rings (SSSR count). The lowest BCUT2D eigenvalue weighted by Gasteiger charge is -2.34. The highest BCUT2D eigenvalue weighted by Gasteiger charge is 2.24. The van der Waals surface area contributed by atoms with Crippen LogP contribution in [0.4, 0.5) is 11.4 Å². The molecule has 0 aromatic heterocycles. The number of fused-ring (bicyclic) bond motifs is 1. The van der Waals surface area contributed by atoms with Gasteiger partial charge in [-0.25, -0.2) is 8.42 Å². The van der Waals surface area contributed by atoms with E-state index in [4.69, 9.17) is 5.26 Å². The molecule has 1 saturated heterocycles. The lowest BCUT2D eigenvalue weighted by atomic mass is 10.1. The van der Waals surface area contributed by atoms with Gasteiger partial charge >= 0.3 is 0 Å². The first kappa shape index (κ1) is 24.7. The molecule has 1 N–H and O–H groups in total. The maximum Gasteiger partial charge on any atom is 0.264 e. The van der Waals surface area contributed by atoms with Crippen LogP contribution in [0.25, 0.3) is 0 Å². The van der Waals surface area contributed by atoms with E-state index in [1.54, 1.807) is 42.6 Å². The first-order valence-corrected chi connectivity index (χ1v) is 13.7. The zero-order chi connectivity index (χ0) is 25.8. The van der Waals surface area contributed by atoms with Gasteiger partial charge < -0.3 is 4.90 Å². The molecule has 0 spiro atoms. The molecule has 188 valence electrons. The van der Waals surface area contributed by atoms with Gasteiger partial charge in [-0.15, -0.1) is 0 Å². The van der Waals surface area contributed by atoms with E-state index in [0.717, 1.165) is 43.6 Å². The number of anilines is 1. The summed E-state index contributed by atoms with van der Waals surface area (Å²) in [5.74, 6) is -0.0705. The number of amides is 1. The van der Waals surface area contributed by atoms with Gasteiger partial charge in [-0.05, 0) is 66.4 Å². The van der Waals surface area contributed by atoms with Crippen molar-refractivity contribution in [3.05, 3.63) is 89.0 Å².